The highest BCUT2D eigenvalue weighted by molar-refractivity contribution is 6.01. The van der Waals surface area contributed by atoms with Crippen LogP contribution in [0.1, 0.15) is 16.2 Å². The van der Waals surface area contributed by atoms with E-state index in [1.54, 1.807) is 43.1 Å². The number of nitrogens with zero attached hydrogens (tertiary/aromatic N) is 4. The fourth-order valence-corrected chi connectivity index (χ4v) is 2.20. The van der Waals surface area contributed by atoms with E-state index in [9.17, 15) is 4.79 Å². The Labute approximate surface area is 143 Å². The Kier molecular flexibility index (Phi) is 4.38. The minimum absolute atomic E-state index is 0.0341. The number of methoxy groups -OCH3 is 2. The Morgan fingerprint density at radius 1 is 1.20 bits per heavy atom. The van der Waals surface area contributed by atoms with E-state index in [2.05, 4.69) is 20.6 Å². The van der Waals surface area contributed by atoms with Crippen molar-refractivity contribution in [2.24, 2.45) is 7.05 Å². The fraction of sp³-hybridized carbons (Fsp3) is 0.250. The van der Waals surface area contributed by atoms with Gasteiger partial charge in [-0.05, 0) is 31.2 Å². The Morgan fingerprint density at radius 3 is 2.64 bits per heavy atom. The summed E-state index contributed by atoms with van der Waals surface area (Å²) in [7, 11) is 4.85. The summed E-state index contributed by atoms with van der Waals surface area (Å²) in [6.07, 6.45) is 0. The SMILES string of the molecule is COc1ccc(OC)c(-c2nnc(NC(=O)c3cc(C)n(C)n3)o2)c1. The lowest BCUT2D eigenvalue weighted by Gasteiger charge is -2.07. The number of aromatic nitrogens is 4. The second-order valence-corrected chi connectivity index (χ2v) is 5.23. The molecule has 0 unspecified atom stereocenters. The van der Waals surface area contributed by atoms with Crippen LogP contribution in [0.25, 0.3) is 11.5 Å². The molecule has 3 rings (SSSR count). The van der Waals surface area contributed by atoms with Gasteiger partial charge in [-0.15, -0.1) is 5.10 Å². The highest BCUT2D eigenvalue weighted by atomic mass is 16.5. The molecular weight excluding hydrogens is 326 g/mol. The molecule has 9 nitrogen and oxygen atoms in total. The summed E-state index contributed by atoms with van der Waals surface area (Å²) in [5.41, 5.74) is 1.68. The molecule has 1 N–H and O–H groups in total. The lowest BCUT2D eigenvalue weighted by atomic mass is 10.2. The monoisotopic (exact) mass is 343 g/mol. The van der Waals surface area contributed by atoms with Crippen molar-refractivity contribution < 1.29 is 18.7 Å². The first-order valence-electron chi connectivity index (χ1n) is 7.39. The zero-order chi connectivity index (χ0) is 18.0. The largest absolute Gasteiger partial charge is 0.497 e. The van der Waals surface area contributed by atoms with E-state index >= 15 is 0 Å². The predicted molar refractivity (Wildman–Crippen MR) is 88.7 cm³/mol. The molecule has 25 heavy (non-hydrogen) atoms. The minimum Gasteiger partial charge on any atom is -0.497 e. The first kappa shape index (κ1) is 16.5. The zero-order valence-corrected chi connectivity index (χ0v) is 14.2. The first-order chi connectivity index (χ1) is 12.0. The Balaban J connectivity index is 1.84. The highest BCUT2D eigenvalue weighted by Crippen LogP contribution is 2.33. The number of carbonyl (C=O) groups is 1. The molecule has 0 saturated heterocycles. The van der Waals surface area contributed by atoms with E-state index in [1.165, 1.54) is 7.11 Å². The number of ether oxygens (including phenoxy) is 2. The standard InChI is InChI=1S/C16H17N5O4/c1-9-7-12(20-21(9)2)14(22)17-16-19-18-15(25-16)11-8-10(23-3)5-6-13(11)24-4/h5-8H,1-4H3,(H,17,19,22). The summed E-state index contributed by atoms with van der Waals surface area (Å²) >= 11 is 0. The molecule has 130 valence electrons. The van der Waals surface area contributed by atoms with Gasteiger partial charge in [-0.25, -0.2) is 0 Å². The maximum absolute atomic E-state index is 12.2. The Hall–Kier alpha value is -3.36. The fourth-order valence-electron chi connectivity index (χ4n) is 2.20. The molecule has 0 bridgehead atoms. The van der Waals surface area contributed by atoms with Gasteiger partial charge < -0.3 is 13.9 Å². The topological polar surface area (TPSA) is 104 Å². The smallest absolute Gasteiger partial charge is 0.322 e. The molecule has 1 aromatic carbocycles. The summed E-state index contributed by atoms with van der Waals surface area (Å²) < 4.78 is 17.6. The number of rotatable bonds is 5. The van der Waals surface area contributed by atoms with Gasteiger partial charge in [-0.3, -0.25) is 14.8 Å². The van der Waals surface area contributed by atoms with E-state index in [4.69, 9.17) is 13.9 Å². The molecule has 2 heterocycles. The average Bonchev–Trinajstić information content (AvgIpc) is 3.21. The Bertz CT molecular complexity index is 896. The quantitative estimate of drug-likeness (QED) is 0.756. The van der Waals surface area contributed by atoms with E-state index in [-0.39, 0.29) is 17.6 Å². The van der Waals surface area contributed by atoms with Crippen molar-refractivity contribution in [3.63, 3.8) is 0 Å². The van der Waals surface area contributed by atoms with Gasteiger partial charge in [0.05, 0.1) is 19.8 Å². The van der Waals surface area contributed by atoms with Gasteiger partial charge in [-0.1, -0.05) is 5.10 Å². The third-order valence-corrected chi connectivity index (χ3v) is 3.63. The van der Waals surface area contributed by atoms with Gasteiger partial charge in [0.2, 0.25) is 0 Å². The lowest BCUT2D eigenvalue weighted by molar-refractivity contribution is 0.101. The first-order valence-corrected chi connectivity index (χ1v) is 7.39. The van der Waals surface area contributed by atoms with Crippen molar-refractivity contribution in [3.05, 3.63) is 35.7 Å². The number of carbonyl (C=O) groups excluding carboxylic acids is 1. The summed E-state index contributed by atoms with van der Waals surface area (Å²) in [6.45, 7) is 1.85. The van der Waals surface area contributed by atoms with Crippen LogP contribution in [0, 0.1) is 6.92 Å². The number of aryl methyl sites for hydroxylation is 2. The van der Waals surface area contributed by atoms with Gasteiger partial charge in [0.25, 0.3) is 11.8 Å². The second kappa shape index (κ2) is 6.63. The maximum atomic E-state index is 12.2. The zero-order valence-electron chi connectivity index (χ0n) is 14.2. The van der Waals surface area contributed by atoms with Crippen molar-refractivity contribution in [3.8, 4) is 23.0 Å². The van der Waals surface area contributed by atoms with Gasteiger partial charge in [0, 0.05) is 12.7 Å². The summed E-state index contributed by atoms with van der Waals surface area (Å²) in [6, 6.07) is 6.82. The van der Waals surface area contributed by atoms with Crippen molar-refractivity contribution in [1.29, 1.82) is 0 Å². The maximum Gasteiger partial charge on any atom is 0.322 e. The van der Waals surface area contributed by atoms with Gasteiger partial charge in [-0.2, -0.15) is 5.10 Å². The molecule has 0 fully saturated rings. The summed E-state index contributed by atoms with van der Waals surface area (Å²) in [4.78, 5) is 12.2. The van der Waals surface area contributed by atoms with Crippen LogP contribution in [0.4, 0.5) is 6.01 Å². The third-order valence-electron chi connectivity index (χ3n) is 3.63. The predicted octanol–water partition coefficient (Wildman–Crippen LogP) is 2.05. The van der Waals surface area contributed by atoms with Crippen molar-refractivity contribution >= 4 is 11.9 Å². The van der Waals surface area contributed by atoms with Crippen LogP contribution in [0.2, 0.25) is 0 Å². The minimum atomic E-state index is -0.434. The van der Waals surface area contributed by atoms with Crippen LogP contribution in [0.3, 0.4) is 0 Å². The molecule has 0 radical (unpaired) electrons. The molecule has 0 aliphatic carbocycles. The van der Waals surface area contributed by atoms with Gasteiger partial charge >= 0.3 is 6.01 Å². The summed E-state index contributed by atoms with van der Waals surface area (Å²) in [5.74, 6) is 0.922. The molecule has 3 aromatic rings. The van der Waals surface area contributed by atoms with Crippen molar-refractivity contribution in [1.82, 2.24) is 20.0 Å². The van der Waals surface area contributed by atoms with E-state index in [1.807, 2.05) is 6.92 Å². The number of hydrogen-bond acceptors (Lipinski definition) is 7. The summed E-state index contributed by atoms with van der Waals surface area (Å²) in [5, 5.41) is 14.4. The van der Waals surface area contributed by atoms with E-state index < -0.39 is 5.91 Å². The second-order valence-electron chi connectivity index (χ2n) is 5.23. The highest BCUT2D eigenvalue weighted by Gasteiger charge is 2.18. The number of hydrogen-bond donors (Lipinski definition) is 1. The van der Waals surface area contributed by atoms with Crippen LogP contribution in [0.5, 0.6) is 11.5 Å². The number of nitrogens with one attached hydrogen (secondary N) is 1. The van der Waals surface area contributed by atoms with Crippen LogP contribution < -0.4 is 14.8 Å². The molecule has 0 atom stereocenters. The lowest BCUT2D eigenvalue weighted by Crippen LogP contribution is -2.13. The molecule has 1 amide bonds. The molecule has 0 aliphatic rings. The van der Waals surface area contributed by atoms with Crippen molar-refractivity contribution in [2.45, 2.75) is 6.92 Å². The number of anilines is 1. The molecule has 0 spiro atoms. The molecule has 9 heteroatoms. The number of amides is 1. The van der Waals surface area contributed by atoms with Crippen LogP contribution >= 0.6 is 0 Å². The van der Waals surface area contributed by atoms with Crippen LogP contribution in [0.15, 0.2) is 28.7 Å². The molecular formula is C16H17N5O4. The molecule has 0 aliphatic heterocycles. The average molecular weight is 343 g/mol. The van der Waals surface area contributed by atoms with Gasteiger partial charge in [0.1, 0.15) is 11.5 Å². The van der Waals surface area contributed by atoms with Gasteiger partial charge in [0.15, 0.2) is 5.69 Å². The van der Waals surface area contributed by atoms with E-state index in [0.29, 0.717) is 17.1 Å². The number of benzene rings is 1. The van der Waals surface area contributed by atoms with Crippen LogP contribution in [-0.4, -0.2) is 40.1 Å². The third kappa shape index (κ3) is 3.30. The van der Waals surface area contributed by atoms with E-state index in [0.717, 1.165) is 5.69 Å². The molecule has 0 saturated carbocycles. The van der Waals surface area contributed by atoms with Crippen molar-refractivity contribution in [2.75, 3.05) is 19.5 Å². The Morgan fingerprint density at radius 2 is 2.00 bits per heavy atom. The van der Waals surface area contributed by atoms with Crippen LogP contribution in [-0.2, 0) is 7.05 Å². The normalized spacial score (nSPS) is 10.6. The molecule has 2 aromatic heterocycles.